The summed E-state index contributed by atoms with van der Waals surface area (Å²) in [7, 11) is 0. The summed E-state index contributed by atoms with van der Waals surface area (Å²) >= 11 is 0. The summed E-state index contributed by atoms with van der Waals surface area (Å²) in [6.45, 7) is 0. The van der Waals surface area contributed by atoms with Gasteiger partial charge in [0.05, 0.1) is 5.41 Å². The third-order valence-electron chi connectivity index (χ3n) is 14.2. The largest absolute Gasteiger partial charge is 0.456 e. The van der Waals surface area contributed by atoms with Gasteiger partial charge in [-0.1, -0.05) is 194 Å². The Morgan fingerprint density at radius 2 is 0.662 bits per heavy atom. The summed E-state index contributed by atoms with van der Waals surface area (Å²) < 4.78 is 6.43. The number of hydrogen-bond donors (Lipinski definition) is 0. The number of furan rings is 1. The van der Waals surface area contributed by atoms with Gasteiger partial charge in [-0.3, -0.25) is 0 Å². The molecule has 1 spiro atoms. The van der Waals surface area contributed by atoms with Gasteiger partial charge in [0.2, 0.25) is 0 Å². The standard InChI is InChI=1S/C64H39N3O/c1-3-17-40(18-4-1)44-35-45(41-19-5-2-6-20-41)37-46(36-44)63-66-61(65-62(67-63)43-31-33-53-52-26-12-16-30-59(52)68-60(53)39-43)42-32-34-58-54(38-42)48-22-8-7-21-47(48)49-23-9-13-27-55(49)64(58)56-28-14-10-24-50(56)51-25-11-15-29-57(51)64/h1-39H. The molecule has 0 aliphatic heterocycles. The molecule has 14 rings (SSSR count). The molecule has 2 aromatic heterocycles. The molecule has 0 N–H and O–H groups in total. The second-order valence-corrected chi connectivity index (χ2v) is 17.8. The molecule has 0 radical (unpaired) electrons. The highest BCUT2D eigenvalue weighted by atomic mass is 16.3. The van der Waals surface area contributed by atoms with E-state index in [0.717, 1.165) is 66.4 Å². The van der Waals surface area contributed by atoms with Crippen molar-refractivity contribution >= 4 is 21.9 Å². The molecule has 0 atom stereocenters. The van der Waals surface area contributed by atoms with Crippen LogP contribution in [0, 0.1) is 0 Å². The third kappa shape index (κ3) is 5.77. The van der Waals surface area contributed by atoms with E-state index >= 15 is 0 Å². The van der Waals surface area contributed by atoms with Crippen LogP contribution in [0.25, 0.3) is 112 Å². The molecule has 0 saturated heterocycles. The molecule has 0 saturated carbocycles. The van der Waals surface area contributed by atoms with Crippen molar-refractivity contribution in [3.8, 4) is 89.8 Å². The molecule has 0 unspecified atom stereocenters. The Hall–Kier alpha value is -8.99. The van der Waals surface area contributed by atoms with Gasteiger partial charge in [0.1, 0.15) is 11.2 Å². The second kappa shape index (κ2) is 15.0. The molecule has 68 heavy (non-hydrogen) atoms. The average Bonchev–Trinajstić information content (AvgIpc) is 3.91. The minimum absolute atomic E-state index is 0.566. The van der Waals surface area contributed by atoms with Crippen molar-refractivity contribution < 1.29 is 4.42 Å². The molecule has 2 aliphatic rings. The highest BCUT2D eigenvalue weighted by Crippen LogP contribution is 2.61. The van der Waals surface area contributed by atoms with Gasteiger partial charge in [0.15, 0.2) is 17.5 Å². The van der Waals surface area contributed by atoms with Gasteiger partial charge < -0.3 is 4.42 Å². The van der Waals surface area contributed by atoms with Crippen LogP contribution in [0.2, 0.25) is 0 Å². The smallest absolute Gasteiger partial charge is 0.164 e. The first kappa shape index (κ1) is 38.3. The lowest BCUT2D eigenvalue weighted by molar-refractivity contribution is 0.669. The fourth-order valence-electron chi connectivity index (χ4n) is 11.2. The van der Waals surface area contributed by atoms with Gasteiger partial charge in [-0.25, -0.2) is 15.0 Å². The first-order valence-corrected chi connectivity index (χ1v) is 23.2. The van der Waals surface area contributed by atoms with E-state index in [0.29, 0.717) is 17.5 Å². The zero-order valence-electron chi connectivity index (χ0n) is 36.8. The van der Waals surface area contributed by atoms with Crippen molar-refractivity contribution in [3.63, 3.8) is 0 Å². The van der Waals surface area contributed by atoms with Crippen molar-refractivity contribution in [1.29, 1.82) is 0 Å². The molecule has 4 nitrogen and oxygen atoms in total. The van der Waals surface area contributed by atoms with Gasteiger partial charge in [0.25, 0.3) is 0 Å². The summed E-state index contributed by atoms with van der Waals surface area (Å²) in [5.41, 5.74) is 20.4. The van der Waals surface area contributed by atoms with E-state index in [1.807, 2.05) is 18.2 Å². The summed E-state index contributed by atoms with van der Waals surface area (Å²) in [5.74, 6) is 1.74. The van der Waals surface area contributed by atoms with Crippen LogP contribution in [0.1, 0.15) is 22.3 Å². The lowest BCUT2D eigenvalue weighted by atomic mass is 9.66. The molecular weight excluding hydrogens is 827 g/mol. The number of aromatic nitrogens is 3. The van der Waals surface area contributed by atoms with Crippen LogP contribution in [-0.2, 0) is 5.41 Å². The van der Waals surface area contributed by atoms with Crippen LogP contribution >= 0.6 is 0 Å². The lowest BCUT2D eigenvalue weighted by Gasteiger charge is -2.35. The van der Waals surface area contributed by atoms with Crippen LogP contribution in [0.3, 0.4) is 0 Å². The quantitative estimate of drug-likeness (QED) is 0.173. The summed E-state index contributed by atoms with van der Waals surface area (Å²) in [6, 6.07) is 84.9. The van der Waals surface area contributed by atoms with Crippen molar-refractivity contribution in [1.82, 2.24) is 15.0 Å². The fourth-order valence-corrected chi connectivity index (χ4v) is 11.2. The van der Waals surface area contributed by atoms with E-state index in [4.69, 9.17) is 19.4 Å². The van der Waals surface area contributed by atoms with Crippen LogP contribution in [0.4, 0.5) is 0 Å². The summed E-state index contributed by atoms with van der Waals surface area (Å²) in [5, 5.41) is 2.13. The number of benzene rings is 10. The molecule has 316 valence electrons. The van der Waals surface area contributed by atoms with E-state index in [-0.39, 0.29) is 0 Å². The van der Waals surface area contributed by atoms with Gasteiger partial charge in [0, 0.05) is 27.5 Å². The zero-order valence-corrected chi connectivity index (χ0v) is 36.8. The van der Waals surface area contributed by atoms with E-state index < -0.39 is 5.41 Å². The first-order valence-electron chi connectivity index (χ1n) is 23.2. The maximum absolute atomic E-state index is 6.43. The van der Waals surface area contributed by atoms with Gasteiger partial charge in [-0.2, -0.15) is 0 Å². The third-order valence-corrected chi connectivity index (χ3v) is 14.2. The predicted octanol–water partition coefficient (Wildman–Crippen LogP) is 16.1. The maximum Gasteiger partial charge on any atom is 0.164 e. The van der Waals surface area contributed by atoms with Gasteiger partial charge >= 0.3 is 0 Å². The molecule has 0 fully saturated rings. The molecule has 12 aromatic rings. The summed E-state index contributed by atoms with van der Waals surface area (Å²) in [6.07, 6.45) is 0. The normalized spacial score (nSPS) is 12.8. The lowest BCUT2D eigenvalue weighted by Crippen LogP contribution is -2.29. The number of hydrogen-bond acceptors (Lipinski definition) is 4. The van der Waals surface area contributed by atoms with Gasteiger partial charge in [-0.15, -0.1) is 0 Å². The molecule has 0 bridgehead atoms. The number of para-hydroxylation sites is 1. The minimum Gasteiger partial charge on any atom is -0.456 e. The first-order chi connectivity index (χ1) is 33.7. The molecule has 10 aromatic carbocycles. The molecule has 2 aliphatic carbocycles. The molecule has 4 heteroatoms. The Morgan fingerprint density at radius 1 is 0.250 bits per heavy atom. The Balaban J connectivity index is 1.04. The predicted molar refractivity (Wildman–Crippen MR) is 276 cm³/mol. The highest BCUT2D eigenvalue weighted by Gasteiger charge is 2.49. The van der Waals surface area contributed by atoms with Crippen LogP contribution < -0.4 is 0 Å². The van der Waals surface area contributed by atoms with Crippen LogP contribution in [0.15, 0.2) is 241 Å². The highest BCUT2D eigenvalue weighted by molar-refractivity contribution is 6.06. The van der Waals surface area contributed by atoms with Crippen LogP contribution in [-0.4, -0.2) is 15.0 Å². The number of fused-ring (bicyclic) bond motifs is 15. The topological polar surface area (TPSA) is 51.8 Å². The van der Waals surface area contributed by atoms with Crippen molar-refractivity contribution in [2.75, 3.05) is 0 Å². The van der Waals surface area contributed by atoms with E-state index in [9.17, 15) is 0 Å². The van der Waals surface area contributed by atoms with Crippen molar-refractivity contribution in [2.45, 2.75) is 5.41 Å². The average molecular weight is 866 g/mol. The van der Waals surface area contributed by atoms with Crippen molar-refractivity contribution in [2.24, 2.45) is 0 Å². The van der Waals surface area contributed by atoms with Crippen LogP contribution in [0.5, 0.6) is 0 Å². The number of nitrogens with zero attached hydrogens (tertiary/aromatic N) is 3. The van der Waals surface area contributed by atoms with Gasteiger partial charge in [-0.05, 0) is 120 Å². The second-order valence-electron chi connectivity index (χ2n) is 17.8. The van der Waals surface area contributed by atoms with E-state index in [2.05, 4.69) is 218 Å². The Morgan fingerprint density at radius 3 is 1.26 bits per heavy atom. The fraction of sp³-hybridized carbons (Fsp3) is 0.0156. The maximum atomic E-state index is 6.43. The SMILES string of the molecule is c1ccc(-c2cc(-c3ccccc3)cc(-c3nc(-c4ccc5c(c4)-c4ccccc4-c4ccccc4C54c5ccccc5-c5ccccc54)nc(-c4ccc5c(c4)oc4ccccc45)n3)c2)cc1. The summed E-state index contributed by atoms with van der Waals surface area (Å²) in [4.78, 5) is 16.2. The zero-order chi connectivity index (χ0) is 44.8. The molecule has 0 amide bonds. The Bertz CT molecular complexity index is 3880. The van der Waals surface area contributed by atoms with E-state index in [1.54, 1.807) is 0 Å². The Kier molecular flexibility index (Phi) is 8.46. The molecular formula is C64H39N3O. The van der Waals surface area contributed by atoms with E-state index in [1.165, 1.54) is 50.1 Å². The number of rotatable bonds is 5. The Labute approximate surface area is 393 Å². The van der Waals surface area contributed by atoms with Crippen molar-refractivity contribution in [3.05, 3.63) is 259 Å². The molecule has 2 heterocycles. The monoisotopic (exact) mass is 865 g/mol. The minimum atomic E-state index is -0.584.